The Hall–Kier alpha value is -1.60. The third kappa shape index (κ3) is 5.20. The third-order valence-corrected chi connectivity index (χ3v) is 6.31. The molecule has 2 aliphatic heterocycles. The molecule has 2 aliphatic rings. The molecule has 2 fully saturated rings. The first-order valence-electron chi connectivity index (χ1n) is 9.27. The fraction of sp³-hybridized carbons (Fsp3) is 0.579. The lowest BCUT2D eigenvalue weighted by atomic mass is 9.96. The van der Waals surface area contributed by atoms with Crippen molar-refractivity contribution in [1.82, 2.24) is 16.0 Å². The van der Waals surface area contributed by atoms with E-state index >= 15 is 0 Å². The Morgan fingerprint density at radius 3 is 2.92 bits per heavy atom. The highest BCUT2D eigenvalue weighted by atomic mass is 32.2. The minimum absolute atomic E-state index is 0.126. The molecule has 26 heavy (non-hydrogen) atoms. The number of halogens is 1. The van der Waals surface area contributed by atoms with Gasteiger partial charge >= 0.3 is 0 Å². The summed E-state index contributed by atoms with van der Waals surface area (Å²) in [5, 5.41) is 8.74. The molecule has 3 rings (SSSR count). The van der Waals surface area contributed by atoms with Crippen molar-refractivity contribution in [2.45, 2.75) is 37.0 Å². The molecule has 142 valence electrons. The maximum atomic E-state index is 13.8. The van der Waals surface area contributed by atoms with Crippen molar-refractivity contribution in [3.63, 3.8) is 0 Å². The molecule has 3 unspecified atom stereocenters. The zero-order chi connectivity index (χ0) is 18.4. The normalized spacial score (nSPS) is 26.2. The van der Waals surface area contributed by atoms with E-state index in [1.165, 1.54) is 30.7 Å². The van der Waals surface area contributed by atoms with Crippen LogP contribution in [0.2, 0.25) is 0 Å². The summed E-state index contributed by atoms with van der Waals surface area (Å²) in [5.74, 6) is 0.518. The van der Waals surface area contributed by atoms with E-state index in [2.05, 4.69) is 16.0 Å². The summed E-state index contributed by atoms with van der Waals surface area (Å²) in [5.41, 5.74) is 0.532. The standard InChI is InChI=1S/C19H26FN3O2S/c20-15-6-2-1-5-14(15)10-17-19(25)23-16(12-26-17)18(24)22-9-7-13-4-3-8-21-11-13/h1-2,5-6,13,16-17,21H,3-4,7-12H2,(H,22,24)(H,23,25). The highest BCUT2D eigenvalue weighted by Crippen LogP contribution is 2.23. The predicted molar refractivity (Wildman–Crippen MR) is 102 cm³/mol. The average Bonchev–Trinajstić information content (AvgIpc) is 2.66. The molecule has 1 aromatic carbocycles. The van der Waals surface area contributed by atoms with Crippen LogP contribution in [0.3, 0.4) is 0 Å². The SMILES string of the molecule is O=C(NCCC1CCCNC1)C1CSC(Cc2ccccc2F)C(=O)N1. The minimum atomic E-state index is -0.506. The van der Waals surface area contributed by atoms with Crippen molar-refractivity contribution in [3.8, 4) is 0 Å². The van der Waals surface area contributed by atoms with Crippen LogP contribution >= 0.6 is 11.8 Å². The Bertz CT molecular complexity index is 637. The lowest BCUT2D eigenvalue weighted by Crippen LogP contribution is -2.54. The number of piperidine rings is 1. The number of hydrogen-bond acceptors (Lipinski definition) is 4. The number of benzene rings is 1. The summed E-state index contributed by atoms with van der Waals surface area (Å²) in [6.07, 6.45) is 3.70. The zero-order valence-electron chi connectivity index (χ0n) is 14.8. The van der Waals surface area contributed by atoms with Crippen LogP contribution in [0.4, 0.5) is 4.39 Å². The van der Waals surface area contributed by atoms with E-state index in [9.17, 15) is 14.0 Å². The molecule has 0 bridgehead atoms. The van der Waals surface area contributed by atoms with Gasteiger partial charge in [-0.1, -0.05) is 18.2 Å². The van der Waals surface area contributed by atoms with E-state index in [4.69, 9.17) is 0 Å². The van der Waals surface area contributed by atoms with Crippen molar-refractivity contribution >= 4 is 23.6 Å². The molecule has 0 radical (unpaired) electrons. The quantitative estimate of drug-likeness (QED) is 0.700. The summed E-state index contributed by atoms with van der Waals surface area (Å²) in [6.45, 7) is 2.74. The Morgan fingerprint density at radius 1 is 1.35 bits per heavy atom. The van der Waals surface area contributed by atoms with Gasteiger partial charge in [-0.2, -0.15) is 0 Å². The Morgan fingerprint density at radius 2 is 2.19 bits per heavy atom. The second kappa shape index (κ2) is 9.37. The van der Waals surface area contributed by atoms with Crippen molar-refractivity contribution in [1.29, 1.82) is 0 Å². The summed E-state index contributed by atoms with van der Waals surface area (Å²) in [6, 6.07) is 5.99. The predicted octanol–water partition coefficient (Wildman–Crippen LogP) is 1.47. The van der Waals surface area contributed by atoms with Gasteiger partial charge < -0.3 is 16.0 Å². The highest BCUT2D eigenvalue weighted by molar-refractivity contribution is 8.00. The average molecular weight is 380 g/mol. The van der Waals surface area contributed by atoms with E-state index in [-0.39, 0.29) is 22.9 Å². The maximum absolute atomic E-state index is 13.8. The number of hydrogen-bond donors (Lipinski definition) is 3. The fourth-order valence-corrected chi connectivity index (χ4v) is 4.62. The van der Waals surface area contributed by atoms with Gasteiger partial charge in [0.05, 0.1) is 5.25 Å². The van der Waals surface area contributed by atoms with Crippen molar-refractivity contribution in [2.24, 2.45) is 5.92 Å². The smallest absolute Gasteiger partial charge is 0.243 e. The monoisotopic (exact) mass is 379 g/mol. The molecule has 0 aliphatic carbocycles. The molecule has 3 N–H and O–H groups in total. The van der Waals surface area contributed by atoms with Crippen molar-refractivity contribution < 1.29 is 14.0 Å². The lowest BCUT2D eigenvalue weighted by Gasteiger charge is -2.28. The Kier molecular flexibility index (Phi) is 6.91. The molecule has 1 aromatic rings. The molecule has 0 aromatic heterocycles. The minimum Gasteiger partial charge on any atom is -0.354 e. The second-order valence-electron chi connectivity index (χ2n) is 6.97. The largest absolute Gasteiger partial charge is 0.354 e. The lowest BCUT2D eigenvalue weighted by molar-refractivity contribution is -0.128. The van der Waals surface area contributed by atoms with E-state index in [0.29, 0.717) is 30.2 Å². The summed E-state index contributed by atoms with van der Waals surface area (Å²) in [4.78, 5) is 24.6. The zero-order valence-corrected chi connectivity index (χ0v) is 15.6. The van der Waals surface area contributed by atoms with Gasteiger partial charge in [-0.3, -0.25) is 9.59 Å². The number of nitrogens with one attached hydrogen (secondary N) is 3. The third-order valence-electron chi connectivity index (χ3n) is 5.00. The second-order valence-corrected chi connectivity index (χ2v) is 8.21. The molecular formula is C19H26FN3O2S. The van der Waals surface area contributed by atoms with Gasteiger partial charge in [0.25, 0.3) is 0 Å². The number of carbonyl (C=O) groups is 2. The van der Waals surface area contributed by atoms with Crippen LogP contribution in [0.15, 0.2) is 24.3 Å². The number of amides is 2. The fourth-order valence-electron chi connectivity index (χ4n) is 3.44. The van der Waals surface area contributed by atoms with E-state index in [0.717, 1.165) is 19.5 Å². The molecule has 2 heterocycles. The van der Waals surface area contributed by atoms with Gasteiger partial charge in [-0.25, -0.2) is 4.39 Å². The molecule has 7 heteroatoms. The van der Waals surface area contributed by atoms with Crippen LogP contribution < -0.4 is 16.0 Å². The van der Waals surface area contributed by atoms with E-state index in [1.54, 1.807) is 18.2 Å². The Balaban J connectivity index is 1.42. The van der Waals surface area contributed by atoms with Crippen LogP contribution in [0, 0.1) is 11.7 Å². The van der Waals surface area contributed by atoms with Crippen molar-refractivity contribution in [2.75, 3.05) is 25.4 Å². The van der Waals surface area contributed by atoms with E-state index in [1.807, 2.05) is 0 Å². The molecule has 0 saturated carbocycles. The molecule has 2 amide bonds. The van der Waals surface area contributed by atoms with E-state index < -0.39 is 6.04 Å². The topological polar surface area (TPSA) is 70.2 Å². The summed E-state index contributed by atoms with van der Waals surface area (Å²) >= 11 is 1.42. The molecule has 0 spiro atoms. The number of thioether (sulfide) groups is 1. The molecular weight excluding hydrogens is 353 g/mol. The number of carbonyl (C=O) groups excluding carboxylic acids is 2. The Labute approximate surface area is 157 Å². The van der Waals surface area contributed by atoms with Crippen LogP contribution in [-0.4, -0.2) is 48.5 Å². The summed E-state index contributed by atoms with van der Waals surface area (Å²) < 4.78 is 13.8. The van der Waals surface area contributed by atoms with Crippen LogP contribution in [0.5, 0.6) is 0 Å². The first kappa shape index (κ1) is 19.2. The van der Waals surface area contributed by atoms with Gasteiger partial charge in [-0.15, -0.1) is 11.8 Å². The first-order chi connectivity index (χ1) is 12.6. The van der Waals surface area contributed by atoms with Crippen LogP contribution in [0.1, 0.15) is 24.8 Å². The van der Waals surface area contributed by atoms with Gasteiger partial charge in [0.15, 0.2) is 0 Å². The first-order valence-corrected chi connectivity index (χ1v) is 10.3. The van der Waals surface area contributed by atoms with Crippen molar-refractivity contribution in [3.05, 3.63) is 35.6 Å². The number of rotatable bonds is 6. The summed E-state index contributed by atoms with van der Waals surface area (Å²) in [7, 11) is 0. The van der Waals surface area contributed by atoms with Gasteiger partial charge in [-0.05, 0) is 56.3 Å². The van der Waals surface area contributed by atoms with Crippen LogP contribution in [0.25, 0.3) is 0 Å². The van der Waals surface area contributed by atoms with Gasteiger partial charge in [0.1, 0.15) is 11.9 Å². The highest BCUT2D eigenvalue weighted by Gasteiger charge is 2.32. The van der Waals surface area contributed by atoms with Gasteiger partial charge in [0.2, 0.25) is 11.8 Å². The maximum Gasteiger partial charge on any atom is 0.243 e. The molecule has 3 atom stereocenters. The van der Waals surface area contributed by atoms with Gasteiger partial charge in [0, 0.05) is 12.3 Å². The van der Waals surface area contributed by atoms with Crippen LogP contribution in [-0.2, 0) is 16.0 Å². The molecule has 5 nitrogen and oxygen atoms in total. The molecule has 2 saturated heterocycles.